The van der Waals surface area contributed by atoms with Crippen molar-refractivity contribution in [3.63, 3.8) is 0 Å². The molecule has 4 nitrogen and oxygen atoms in total. The van der Waals surface area contributed by atoms with Gasteiger partial charge in [-0.05, 0) is 37.0 Å². The van der Waals surface area contributed by atoms with Gasteiger partial charge in [-0.1, -0.05) is 12.1 Å². The molecule has 3 rings (SSSR count). The van der Waals surface area contributed by atoms with Crippen molar-refractivity contribution in [2.24, 2.45) is 0 Å². The normalized spacial score (nSPS) is 17.8. The fourth-order valence-electron chi connectivity index (χ4n) is 3.12. The van der Waals surface area contributed by atoms with E-state index in [1.54, 1.807) is 6.07 Å². The van der Waals surface area contributed by atoms with Gasteiger partial charge in [0, 0.05) is 30.3 Å². The lowest BCUT2D eigenvalue weighted by atomic mass is 9.92. The number of hydrogen-bond donors (Lipinski definition) is 1. The molecule has 1 saturated carbocycles. The van der Waals surface area contributed by atoms with Gasteiger partial charge in [-0.3, -0.25) is 4.79 Å². The van der Waals surface area contributed by atoms with Gasteiger partial charge in [0.2, 0.25) is 11.8 Å². The second-order valence-electron chi connectivity index (χ2n) is 6.46. The van der Waals surface area contributed by atoms with Gasteiger partial charge in [0.15, 0.2) is 0 Å². The van der Waals surface area contributed by atoms with E-state index in [1.165, 1.54) is 6.07 Å². The van der Waals surface area contributed by atoms with E-state index in [1.807, 2.05) is 19.1 Å². The Morgan fingerprint density at radius 3 is 2.71 bits per heavy atom. The van der Waals surface area contributed by atoms with Crippen LogP contribution < -0.4 is 10.9 Å². The average molecular weight is 335 g/mol. The summed E-state index contributed by atoms with van der Waals surface area (Å²) in [4.78, 5) is 23.9. The number of amides is 1. The Hall–Kier alpha value is -2.24. The molecule has 1 aromatic carbocycles. The largest absolute Gasteiger partial charge is 0.423 e. The second-order valence-corrected chi connectivity index (χ2v) is 6.46. The molecule has 1 aliphatic carbocycles. The van der Waals surface area contributed by atoms with Crippen molar-refractivity contribution in [2.45, 2.75) is 51.0 Å². The standard InChI is InChI=1S/C18H19F2NO3/c1-11-2-3-14-12(10-17(23)24-15(14)8-11)9-16(22)21-13-4-6-18(19,20)7-5-13/h2-3,8,10,13H,4-7,9H2,1H3,(H,21,22). The lowest BCUT2D eigenvalue weighted by Crippen LogP contribution is -2.41. The molecule has 0 atom stereocenters. The van der Waals surface area contributed by atoms with Gasteiger partial charge in [0.1, 0.15) is 5.58 Å². The van der Waals surface area contributed by atoms with Crippen LogP contribution in [0.15, 0.2) is 33.5 Å². The topological polar surface area (TPSA) is 59.3 Å². The number of rotatable bonds is 3. The molecular weight excluding hydrogens is 316 g/mol. The highest BCUT2D eigenvalue weighted by Gasteiger charge is 2.35. The lowest BCUT2D eigenvalue weighted by Gasteiger charge is -2.28. The predicted molar refractivity (Wildman–Crippen MR) is 86.3 cm³/mol. The third-order valence-corrected chi connectivity index (χ3v) is 4.42. The number of hydrogen-bond acceptors (Lipinski definition) is 3. The molecule has 0 saturated heterocycles. The zero-order valence-electron chi connectivity index (χ0n) is 13.4. The van der Waals surface area contributed by atoms with Crippen LogP contribution in [-0.2, 0) is 11.2 Å². The summed E-state index contributed by atoms with van der Waals surface area (Å²) >= 11 is 0. The number of nitrogens with one attached hydrogen (secondary N) is 1. The Morgan fingerprint density at radius 2 is 2.00 bits per heavy atom. The maximum Gasteiger partial charge on any atom is 0.336 e. The van der Waals surface area contributed by atoms with E-state index in [9.17, 15) is 18.4 Å². The Balaban J connectivity index is 1.73. The third-order valence-electron chi connectivity index (χ3n) is 4.42. The summed E-state index contributed by atoms with van der Waals surface area (Å²) in [6.45, 7) is 1.89. The molecule has 1 heterocycles. The maximum atomic E-state index is 13.2. The summed E-state index contributed by atoms with van der Waals surface area (Å²) in [5, 5.41) is 3.51. The number of fused-ring (bicyclic) bond motifs is 1. The highest BCUT2D eigenvalue weighted by Crippen LogP contribution is 2.33. The van der Waals surface area contributed by atoms with Crippen LogP contribution in [0.25, 0.3) is 11.0 Å². The summed E-state index contributed by atoms with van der Waals surface area (Å²) in [5.41, 5.74) is 1.48. The van der Waals surface area contributed by atoms with Gasteiger partial charge in [-0.15, -0.1) is 0 Å². The summed E-state index contributed by atoms with van der Waals surface area (Å²) in [7, 11) is 0. The summed E-state index contributed by atoms with van der Waals surface area (Å²) < 4.78 is 31.5. The first-order valence-electron chi connectivity index (χ1n) is 8.03. The minimum atomic E-state index is -2.62. The minimum Gasteiger partial charge on any atom is -0.423 e. The van der Waals surface area contributed by atoms with E-state index in [0.29, 0.717) is 16.5 Å². The number of benzene rings is 1. The monoisotopic (exact) mass is 335 g/mol. The molecule has 0 aliphatic heterocycles. The molecule has 1 aromatic heterocycles. The fourth-order valence-corrected chi connectivity index (χ4v) is 3.12. The third kappa shape index (κ3) is 3.80. The Kier molecular flexibility index (Phi) is 4.39. The molecule has 0 radical (unpaired) electrons. The molecule has 1 fully saturated rings. The first-order chi connectivity index (χ1) is 11.3. The molecule has 6 heteroatoms. The van der Waals surface area contributed by atoms with E-state index >= 15 is 0 Å². The number of carbonyl (C=O) groups excluding carboxylic acids is 1. The molecule has 1 N–H and O–H groups in total. The smallest absolute Gasteiger partial charge is 0.336 e. The van der Waals surface area contributed by atoms with Crippen molar-refractivity contribution in [1.82, 2.24) is 5.32 Å². The molecule has 1 aliphatic rings. The Morgan fingerprint density at radius 1 is 1.29 bits per heavy atom. The van der Waals surface area contributed by atoms with Crippen molar-refractivity contribution in [2.75, 3.05) is 0 Å². The second kappa shape index (κ2) is 6.34. The van der Waals surface area contributed by atoms with Crippen molar-refractivity contribution < 1.29 is 18.0 Å². The van der Waals surface area contributed by atoms with Gasteiger partial charge in [-0.2, -0.15) is 0 Å². The van der Waals surface area contributed by atoms with E-state index in [0.717, 1.165) is 5.56 Å². The van der Waals surface area contributed by atoms with Gasteiger partial charge in [-0.25, -0.2) is 13.6 Å². The summed E-state index contributed by atoms with van der Waals surface area (Å²) in [5.74, 6) is -2.88. The summed E-state index contributed by atoms with van der Waals surface area (Å²) in [6, 6.07) is 6.53. The van der Waals surface area contributed by atoms with Crippen LogP contribution in [0, 0.1) is 6.92 Å². The first-order valence-corrected chi connectivity index (χ1v) is 8.03. The van der Waals surface area contributed by atoms with E-state index in [-0.39, 0.29) is 44.1 Å². The van der Waals surface area contributed by atoms with Crippen molar-refractivity contribution in [3.8, 4) is 0 Å². The lowest BCUT2D eigenvalue weighted by molar-refractivity contribution is -0.122. The van der Waals surface area contributed by atoms with Crippen LogP contribution in [0.2, 0.25) is 0 Å². The van der Waals surface area contributed by atoms with E-state index in [4.69, 9.17) is 4.42 Å². The molecule has 2 aromatic rings. The summed E-state index contributed by atoms with van der Waals surface area (Å²) in [6.07, 6.45) is 0.174. The average Bonchev–Trinajstić information content (AvgIpc) is 2.48. The van der Waals surface area contributed by atoms with Crippen LogP contribution in [0.1, 0.15) is 36.8 Å². The van der Waals surface area contributed by atoms with Crippen molar-refractivity contribution in [1.29, 1.82) is 0 Å². The van der Waals surface area contributed by atoms with Crippen LogP contribution in [0.5, 0.6) is 0 Å². The van der Waals surface area contributed by atoms with Crippen molar-refractivity contribution in [3.05, 3.63) is 45.8 Å². The maximum absolute atomic E-state index is 13.2. The van der Waals surface area contributed by atoms with Crippen LogP contribution >= 0.6 is 0 Å². The van der Waals surface area contributed by atoms with Crippen molar-refractivity contribution >= 4 is 16.9 Å². The zero-order chi connectivity index (χ0) is 17.3. The molecule has 0 bridgehead atoms. The number of halogens is 2. The first kappa shape index (κ1) is 16.6. The SMILES string of the molecule is Cc1ccc2c(CC(=O)NC3CCC(F)(F)CC3)cc(=O)oc2c1. The van der Waals surface area contributed by atoms with Gasteiger partial charge in [0.05, 0.1) is 6.42 Å². The van der Waals surface area contributed by atoms with Crippen LogP contribution in [0.3, 0.4) is 0 Å². The zero-order valence-corrected chi connectivity index (χ0v) is 13.4. The van der Waals surface area contributed by atoms with Crippen LogP contribution in [0.4, 0.5) is 8.78 Å². The number of carbonyl (C=O) groups is 1. The molecule has 0 spiro atoms. The van der Waals surface area contributed by atoms with Gasteiger partial charge < -0.3 is 9.73 Å². The van der Waals surface area contributed by atoms with Crippen LogP contribution in [-0.4, -0.2) is 17.9 Å². The molecule has 24 heavy (non-hydrogen) atoms. The van der Waals surface area contributed by atoms with Gasteiger partial charge >= 0.3 is 5.63 Å². The molecular formula is C18H19F2NO3. The number of alkyl halides is 2. The van der Waals surface area contributed by atoms with Gasteiger partial charge in [0.25, 0.3) is 0 Å². The van der Waals surface area contributed by atoms with E-state index < -0.39 is 11.5 Å². The highest BCUT2D eigenvalue weighted by atomic mass is 19.3. The van der Waals surface area contributed by atoms with E-state index in [2.05, 4.69) is 5.32 Å². The molecule has 1 amide bonds. The highest BCUT2D eigenvalue weighted by molar-refractivity contribution is 5.87. The quantitative estimate of drug-likeness (QED) is 0.875. The number of aryl methyl sites for hydroxylation is 1. The fraction of sp³-hybridized carbons (Fsp3) is 0.444. The minimum absolute atomic E-state index is 0.0258. The Labute approximate surface area is 137 Å². The Bertz CT molecular complexity index is 819. The molecule has 128 valence electrons. The molecule has 0 unspecified atom stereocenters. The predicted octanol–water partition coefficient (Wildman–Crippen LogP) is 3.34.